The third-order valence-corrected chi connectivity index (χ3v) is 5.91. The molecule has 0 radical (unpaired) electrons. The number of alkyl halides is 2. The van der Waals surface area contributed by atoms with E-state index in [-0.39, 0.29) is 17.8 Å². The Morgan fingerprint density at radius 1 is 1.25 bits per heavy atom. The topological polar surface area (TPSA) is 103 Å². The average molecular weight is 477 g/mol. The van der Waals surface area contributed by atoms with Gasteiger partial charge < -0.3 is 4.90 Å². The van der Waals surface area contributed by atoms with Gasteiger partial charge in [-0.2, -0.15) is 5.26 Å². The smallest absolute Gasteiger partial charge is 0.284 e. The molecule has 0 fully saturated rings. The van der Waals surface area contributed by atoms with Crippen LogP contribution < -0.4 is 9.62 Å². The molecule has 0 spiro atoms. The molecular weight excluding hydrogens is 458 g/mol. The number of rotatable bonds is 7. The minimum Gasteiger partial charge on any atom is -0.313 e. The molecule has 3 rings (SSSR count). The Hall–Kier alpha value is -3.36. The molecule has 7 nitrogen and oxygen atoms in total. The third kappa shape index (κ3) is 5.66. The summed E-state index contributed by atoms with van der Waals surface area (Å²) in [5.41, 5.74) is 1.48. The molecule has 32 heavy (non-hydrogen) atoms. The molecule has 0 bridgehead atoms. The van der Waals surface area contributed by atoms with Gasteiger partial charge in [-0.25, -0.2) is 26.9 Å². The molecular formula is C21H18F2N4O3S2. The highest BCUT2D eigenvalue weighted by atomic mass is 32.2. The van der Waals surface area contributed by atoms with Crippen molar-refractivity contribution in [3.8, 4) is 6.07 Å². The maximum atomic E-state index is 13.1. The van der Waals surface area contributed by atoms with Gasteiger partial charge in [0.15, 0.2) is 5.13 Å². The maximum absolute atomic E-state index is 13.1. The van der Waals surface area contributed by atoms with Gasteiger partial charge in [0.1, 0.15) is 5.69 Å². The van der Waals surface area contributed by atoms with Gasteiger partial charge in [-0.1, -0.05) is 18.2 Å². The molecule has 1 aromatic heterocycles. The molecule has 0 atom stereocenters. The van der Waals surface area contributed by atoms with Crippen molar-refractivity contribution < 1.29 is 22.0 Å². The van der Waals surface area contributed by atoms with Gasteiger partial charge in [-0.15, -0.1) is 11.3 Å². The molecule has 0 aliphatic rings. The highest BCUT2D eigenvalue weighted by molar-refractivity contribution is 7.89. The van der Waals surface area contributed by atoms with Crippen LogP contribution >= 0.6 is 11.3 Å². The SMILES string of the molecule is Cc1sc(N(Cc2cccc(C(F)F)c2)c2ccc(C#N)cc2)nc1C(=O)NS(C)(=O)=O. The number of hydrogen-bond donors (Lipinski definition) is 1. The Morgan fingerprint density at radius 2 is 1.94 bits per heavy atom. The van der Waals surface area contributed by atoms with Crippen LogP contribution in [-0.2, 0) is 16.6 Å². The molecule has 11 heteroatoms. The first-order chi connectivity index (χ1) is 15.1. The second kappa shape index (κ2) is 9.42. The van der Waals surface area contributed by atoms with E-state index < -0.39 is 22.4 Å². The molecule has 0 saturated heterocycles. The summed E-state index contributed by atoms with van der Waals surface area (Å²) in [7, 11) is -3.77. The summed E-state index contributed by atoms with van der Waals surface area (Å²) in [5.74, 6) is -0.855. The van der Waals surface area contributed by atoms with E-state index in [0.29, 0.717) is 26.8 Å². The highest BCUT2D eigenvalue weighted by Crippen LogP contribution is 2.33. The van der Waals surface area contributed by atoms with Crippen LogP contribution in [0.25, 0.3) is 0 Å². The minimum atomic E-state index is -3.77. The van der Waals surface area contributed by atoms with Crippen LogP contribution in [0, 0.1) is 18.3 Å². The van der Waals surface area contributed by atoms with Crippen molar-refractivity contribution in [1.82, 2.24) is 9.71 Å². The van der Waals surface area contributed by atoms with Crippen LogP contribution in [0.15, 0.2) is 48.5 Å². The number of nitrogens with zero attached hydrogens (tertiary/aromatic N) is 3. The molecule has 2 aromatic carbocycles. The second-order valence-electron chi connectivity index (χ2n) is 6.90. The lowest BCUT2D eigenvalue weighted by Gasteiger charge is -2.22. The molecule has 1 amide bonds. The number of thiazole rings is 1. The van der Waals surface area contributed by atoms with Crippen molar-refractivity contribution in [1.29, 1.82) is 5.26 Å². The number of nitrogens with one attached hydrogen (secondary N) is 1. The molecule has 0 unspecified atom stereocenters. The number of aromatic nitrogens is 1. The van der Waals surface area contributed by atoms with Crippen LogP contribution in [0.3, 0.4) is 0 Å². The predicted molar refractivity (Wildman–Crippen MR) is 118 cm³/mol. The van der Waals surface area contributed by atoms with Gasteiger partial charge in [-0.3, -0.25) is 4.79 Å². The van der Waals surface area contributed by atoms with Gasteiger partial charge in [0.2, 0.25) is 10.0 Å². The molecule has 0 aliphatic heterocycles. The zero-order valence-electron chi connectivity index (χ0n) is 17.0. The summed E-state index contributed by atoms with van der Waals surface area (Å²) < 4.78 is 51.0. The minimum absolute atomic E-state index is 0.0459. The predicted octanol–water partition coefficient (Wildman–Crippen LogP) is 4.29. The Balaban J connectivity index is 2.03. The molecule has 166 valence electrons. The van der Waals surface area contributed by atoms with Gasteiger partial charge in [0, 0.05) is 16.1 Å². The first-order valence-electron chi connectivity index (χ1n) is 9.21. The number of halogens is 2. The van der Waals surface area contributed by atoms with Gasteiger partial charge in [-0.05, 0) is 42.8 Å². The summed E-state index contributed by atoms with van der Waals surface area (Å²) in [6, 6.07) is 14.6. The Morgan fingerprint density at radius 3 is 2.53 bits per heavy atom. The number of sulfonamides is 1. The fourth-order valence-corrected chi connectivity index (χ4v) is 4.28. The van der Waals surface area contributed by atoms with Crippen molar-refractivity contribution in [2.75, 3.05) is 11.2 Å². The summed E-state index contributed by atoms with van der Waals surface area (Å²) in [4.78, 5) is 18.8. The zero-order valence-corrected chi connectivity index (χ0v) is 18.7. The normalized spacial score (nSPS) is 11.2. The first kappa shape index (κ1) is 23.3. The molecule has 1 N–H and O–H groups in total. The fourth-order valence-electron chi connectivity index (χ4n) is 2.92. The second-order valence-corrected chi connectivity index (χ2v) is 9.83. The summed E-state index contributed by atoms with van der Waals surface area (Å²) >= 11 is 1.16. The van der Waals surface area contributed by atoms with Crippen LogP contribution in [0.2, 0.25) is 0 Å². The van der Waals surface area contributed by atoms with Crippen LogP contribution in [0.4, 0.5) is 19.6 Å². The number of benzene rings is 2. The number of carbonyl (C=O) groups excluding carboxylic acids is 1. The van der Waals surface area contributed by atoms with Gasteiger partial charge in [0.25, 0.3) is 12.3 Å². The number of hydrogen-bond acceptors (Lipinski definition) is 7. The van der Waals surface area contributed by atoms with E-state index in [0.717, 1.165) is 17.6 Å². The largest absolute Gasteiger partial charge is 0.313 e. The van der Waals surface area contributed by atoms with Gasteiger partial charge in [0.05, 0.1) is 24.4 Å². The number of nitriles is 1. The number of amides is 1. The quantitative estimate of drug-likeness (QED) is 0.546. The van der Waals surface area contributed by atoms with E-state index in [1.54, 1.807) is 42.2 Å². The van der Waals surface area contributed by atoms with Crippen LogP contribution in [0.5, 0.6) is 0 Å². The van der Waals surface area contributed by atoms with E-state index in [9.17, 15) is 22.0 Å². The van der Waals surface area contributed by atoms with E-state index in [4.69, 9.17) is 5.26 Å². The Bertz CT molecular complexity index is 1280. The molecule has 3 aromatic rings. The van der Waals surface area contributed by atoms with E-state index in [2.05, 4.69) is 4.98 Å². The van der Waals surface area contributed by atoms with Crippen molar-refractivity contribution in [3.05, 3.63) is 75.8 Å². The molecule has 1 heterocycles. The van der Waals surface area contributed by atoms with Crippen molar-refractivity contribution in [2.45, 2.75) is 19.9 Å². The molecule has 0 aliphatic carbocycles. The number of carbonyl (C=O) groups is 1. The molecule has 0 saturated carbocycles. The summed E-state index contributed by atoms with van der Waals surface area (Å²) in [5, 5.41) is 9.43. The van der Waals surface area contributed by atoms with Crippen molar-refractivity contribution >= 4 is 38.1 Å². The van der Waals surface area contributed by atoms with E-state index in [1.807, 2.05) is 10.8 Å². The maximum Gasteiger partial charge on any atom is 0.284 e. The van der Waals surface area contributed by atoms with E-state index in [1.165, 1.54) is 18.2 Å². The monoisotopic (exact) mass is 476 g/mol. The lowest BCUT2D eigenvalue weighted by Crippen LogP contribution is -2.30. The summed E-state index contributed by atoms with van der Waals surface area (Å²) in [6.45, 7) is 1.79. The number of anilines is 2. The number of aryl methyl sites for hydroxylation is 1. The summed E-state index contributed by atoms with van der Waals surface area (Å²) in [6.07, 6.45) is -1.75. The third-order valence-electron chi connectivity index (χ3n) is 4.36. The van der Waals surface area contributed by atoms with Crippen LogP contribution in [0.1, 0.15) is 38.5 Å². The highest BCUT2D eigenvalue weighted by Gasteiger charge is 2.22. The zero-order chi connectivity index (χ0) is 23.5. The standard InChI is InChI=1S/C21H18F2N4O3S2/c1-13-18(20(28)26-32(2,29)30)25-21(31-13)27(17-8-6-14(11-24)7-9-17)12-15-4-3-5-16(10-15)19(22)23/h3-10,19H,12H2,1-2H3,(H,26,28). The van der Waals surface area contributed by atoms with Crippen molar-refractivity contribution in [2.24, 2.45) is 0 Å². The fraction of sp³-hybridized carbons (Fsp3) is 0.190. The Kier molecular flexibility index (Phi) is 6.86. The van der Waals surface area contributed by atoms with Crippen LogP contribution in [-0.4, -0.2) is 25.6 Å². The van der Waals surface area contributed by atoms with E-state index >= 15 is 0 Å². The van der Waals surface area contributed by atoms with Gasteiger partial charge >= 0.3 is 0 Å². The van der Waals surface area contributed by atoms with Crippen molar-refractivity contribution in [3.63, 3.8) is 0 Å². The average Bonchev–Trinajstić information content (AvgIpc) is 3.12. The first-order valence-corrected chi connectivity index (χ1v) is 11.9. The Labute approximate surface area is 188 Å². The lowest BCUT2D eigenvalue weighted by atomic mass is 10.1. The lowest BCUT2D eigenvalue weighted by molar-refractivity contribution is 0.0977.